The van der Waals surface area contributed by atoms with Crippen molar-refractivity contribution in [1.29, 1.82) is 0 Å². The minimum atomic E-state index is -0.122. The smallest absolute Gasteiger partial charge is 0.251 e. The summed E-state index contributed by atoms with van der Waals surface area (Å²) >= 11 is 0. The SMILES string of the molecule is CNC(=O)c1ccc(CN(CC(=O)Nc2c(C(C)C)cccc2C(C)C)Cc2ccco2)cc1. The van der Waals surface area contributed by atoms with E-state index in [0.29, 0.717) is 30.5 Å². The Morgan fingerprint density at radius 2 is 1.53 bits per heavy atom. The molecule has 180 valence electrons. The predicted octanol–water partition coefficient (Wildman–Crippen LogP) is 5.53. The van der Waals surface area contributed by atoms with Crippen LogP contribution >= 0.6 is 0 Å². The fourth-order valence-corrected chi connectivity index (χ4v) is 4.03. The summed E-state index contributed by atoms with van der Waals surface area (Å²) in [5, 5.41) is 5.84. The maximum atomic E-state index is 13.2. The van der Waals surface area contributed by atoms with E-state index in [1.807, 2.05) is 29.2 Å². The normalized spacial score (nSPS) is 11.3. The molecule has 3 rings (SSSR count). The van der Waals surface area contributed by atoms with Gasteiger partial charge in [-0.2, -0.15) is 0 Å². The van der Waals surface area contributed by atoms with Crippen LogP contribution in [0.25, 0.3) is 0 Å². The highest BCUT2D eigenvalue weighted by Gasteiger charge is 2.19. The lowest BCUT2D eigenvalue weighted by molar-refractivity contribution is -0.117. The number of hydrogen-bond donors (Lipinski definition) is 2. The van der Waals surface area contributed by atoms with Gasteiger partial charge in [0.1, 0.15) is 5.76 Å². The van der Waals surface area contributed by atoms with Gasteiger partial charge in [0.05, 0.1) is 19.4 Å². The number of amides is 2. The predicted molar refractivity (Wildman–Crippen MR) is 136 cm³/mol. The maximum Gasteiger partial charge on any atom is 0.251 e. The Kier molecular flexibility index (Phi) is 8.66. The molecule has 6 nitrogen and oxygen atoms in total. The highest BCUT2D eigenvalue weighted by molar-refractivity contribution is 5.94. The lowest BCUT2D eigenvalue weighted by Crippen LogP contribution is -2.33. The second-order valence-electron chi connectivity index (χ2n) is 9.17. The van der Waals surface area contributed by atoms with E-state index >= 15 is 0 Å². The van der Waals surface area contributed by atoms with Crippen LogP contribution in [0, 0.1) is 0 Å². The van der Waals surface area contributed by atoms with E-state index < -0.39 is 0 Å². The highest BCUT2D eigenvalue weighted by atomic mass is 16.3. The molecule has 6 heteroatoms. The van der Waals surface area contributed by atoms with Gasteiger partial charge in [-0.25, -0.2) is 0 Å². The van der Waals surface area contributed by atoms with Gasteiger partial charge >= 0.3 is 0 Å². The largest absolute Gasteiger partial charge is 0.468 e. The summed E-state index contributed by atoms with van der Waals surface area (Å²) in [5.74, 6) is 1.20. The number of nitrogens with zero attached hydrogens (tertiary/aromatic N) is 1. The summed E-state index contributed by atoms with van der Waals surface area (Å²) in [6, 6.07) is 17.4. The number of hydrogen-bond acceptors (Lipinski definition) is 4. The number of carbonyl (C=O) groups is 2. The van der Waals surface area contributed by atoms with Crippen LogP contribution < -0.4 is 10.6 Å². The molecule has 1 aromatic heterocycles. The lowest BCUT2D eigenvalue weighted by Gasteiger charge is -2.24. The number of para-hydroxylation sites is 1. The van der Waals surface area contributed by atoms with E-state index in [0.717, 1.165) is 28.1 Å². The van der Waals surface area contributed by atoms with E-state index in [1.165, 1.54) is 0 Å². The fourth-order valence-electron chi connectivity index (χ4n) is 4.03. The van der Waals surface area contributed by atoms with Crippen molar-refractivity contribution in [2.24, 2.45) is 0 Å². The minimum Gasteiger partial charge on any atom is -0.468 e. The molecule has 0 aliphatic heterocycles. The van der Waals surface area contributed by atoms with Crippen molar-refractivity contribution in [3.05, 3.63) is 88.9 Å². The van der Waals surface area contributed by atoms with Gasteiger partial charge in [0.25, 0.3) is 5.91 Å². The quantitative estimate of drug-likeness (QED) is 0.416. The maximum absolute atomic E-state index is 13.2. The zero-order chi connectivity index (χ0) is 24.7. The molecule has 2 aromatic carbocycles. The summed E-state index contributed by atoms with van der Waals surface area (Å²) in [6.07, 6.45) is 1.64. The Morgan fingerprint density at radius 3 is 2.06 bits per heavy atom. The average molecular weight is 462 g/mol. The molecule has 0 aliphatic rings. The Hall–Kier alpha value is -3.38. The van der Waals surface area contributed by atoms with Crippen LogP contribution in [0.15, 0.2) is 65.3 Å². The summed E-state index contributed by atoms with van der Waals surface area (Å²) in [4.78, 5) is 27.1. The molecule has 0 spiro atoms. The average Bonchev–Trinajstić information content (AvgIpc) is 3.31. The van der Waals surface area contributed by atoms with Crippen LogP contribution in [0.4, 0.5) is 5.69 Å². The van der Waals surface area contributed by atoms with Crippen molar-refractivity contribution in [1.82, 2.24) is 10.2 Å². The summed E-state index contributed by atoms with van der Waals surface area (Å²) in [6.45, 7) is 9.82. The van der Waals surface area contributed by atoms with Crippen molar-refractivity contribution in [2.75, 3.05) is 18.9 Å². The molecule has 2 N–H and O–H groups in total. The molecule has 0 radical (unpaired) electrons. The number of nitrogens with one attached hydrogen (secondary N) is 2. The minimum absolute atomic E-state index is 0.0662. The van der Waals surface area contributed by atoms with Gasteiger partial charge < -0.3 is 15.1 Å². The van der Waals surface area contributed by atoms with Gasteiger partial charge in [-0.05, 0) is 52.8 Å². The second-order valence-corrected chi connectivity index (χ2v) is 9.17. The first-order chi connectivity index (χ1) is 16.3. The van der Waals surface area contributed by atoms with Gasteiger partial charge in [-0.15, -0.1) is 0 Å². The standard InChI is InChI=1S/C28H35N3O3/c1-19(2)24-9-6-10-25(20(3)4)27(24)30-26(32)18-31(17-23-8-7-15-34-23)16-21-11-13-22(14-12-21)28(33)29-5/h6-15,19-20H,16-18H2,1-5H3,(H,29,33)(H,30,32). The third-order valence-electron chi connectivity index (χ3n) is 5.81. The van der Waals surface area contributed by atoms with Crippen molar-refractivity contribution in [3.8, 4) is 0 Å². The van der Waals surface area contributed by atoms with Crippen LogP contribution in [-0.2, 0) is 17.9 Å². The van der Waals surface area contributed by atoms with Crippen LogP contribution in [0.3, 0.4) is 0 Å². The molecule has 2 amide bonds. The molecule has 0 saturated carbocycles. The molecule has 0 saturated heterocycles. The monoisotopic (exact) mass is 461 g/mol. The molecule has 0 atom stereocenters. The number of furan rings is 1. The molecule has 0 aliphatic carbocycles. The van der Waals surface area contributed by atoms with Crippen LogP contribution in [0.1, 0.15) is 72.3 Å². The van der Waals surface area contributed by atoms with E-state index in [2.05, 4.69) is 56.5 Å². The van der Waals surface area contributed by atoms with Crippen molar-refractivity contribution < 1.29 is 14.0 Å². The lowest BCUT2D eigenvalue weighted by atomic mass is 9.92. The van der Waals surface area contributed by atoms with Gasteiger partial charge in [-0.3, -0.25) is 14.5 Å². The highest BCUT2D eigenvalue weighted by Crippen LogP contribution is 2.32. The van der Waals surface area contributed by atoms with Crippen molar-refractivity contribution >= 4 is 17.5 Å². The number of carbonyl (C=O) groups excluding carboxylic acids is 2. The van der Waals surface area contributed by atoms with Gasteiger partial charge in [0, 0.05) is 24.8 Å². The molecule has 0 fully saturated rings. The number of rotatable bonds is 10. The third kappa shape index (κ3) is 6.58. The van der Waals surface area contributed by atoms with Crippen molar-refractivity contribution in [3.63, 3.8) is 0 Å². The Bertz CT molecular complexity index is 1060. The topological polar surface area (TPSA) is 74.6 Å². The third-order valence-corrected chi connectivity index (χ3v) is 5.81. The molecule has 1 heterocycles. The van der Waals surface area contributed by atoms with Crippen LogP contribution in [-0.4, -0.2) is 30.3 Å². The molecular weight excluding hydrogens is 426 g/mol. The first kappa shape index (κ1) is 25.2. The molecule has 3 aromatic rings. The van der Waals surface area contributed by atoms with Crippen molar-refractivity contribution in [2.45, 2.75) is 52.6 Å². The van der Waals surface area contributed by atoms with E-state index in [1.54, 1.807) is 25.4 Å². The van der Waals surface area contributed by atoms with E-state index in [4.69, 9.17) is 4.42 Å². The Morgan fingerprint density at radius 1 is 0.882 bits per heavy atom. The molecular formula is C28H35N3O3. The second kappa shape index (κ2) is 11.7. The van der Waals surface area contributed by atoms with Gasteiger partial charge in [0.2, 0.25) is 5.91 Å². The molecule has 34 heavy (non-hydrogen) atoms. The first-order valence-corrected chi connectivity index (χ1v) is 11.8. The fraction of sp³-hybridized carbons (Fsp3) is 0.357. The van der Waals surface area contributed by atoms with Crippen LogP contribution in [0.2, 0.25) is 0 Å². The zero-order valence-electron chi connectivity index (χ0n) is 20.7. The Balaban J connectivity index is 1.79. The first-order valence-electron chi connectivity index (χ1n) is 11.8. The van der Waals surface area contributed by atoms with Crippen LogP contribution in [0.5, 0.6) is 0 Å². The van der Waals surface area contributed by atoms with Gasteiger partial charge in [0.15, 0.2) is 0 Å². The number of anilines is 1. The summed E-state index contributed by atoms with van der Waals surface area (Å²) in [5.41, 5.74) is 4.82. The summed E-state index contributed by atoms with van der Waals surface area (Å²) < 4.78 is 5.54. The molecule has 0 unspecified atom stereocenters. The van der Waals surface area contributed by atoms with E-state index in [9.17, 15) is 9.59 Å². The Labute approximate surface area is 202 Å². The van der Waals surface area contributed by atoms with Gasteiger partial charge in [-0.1, -0.05) is 58.0 Å². The number of benzene rings is 2. The zero-order valence-corrected chi connectivity index (χ0v) is 20.7. The van der Waals surface area contributed by atoms with E-state index in [-0.39, 0.29) is 18.4 Å². The molecule has 0 bridgehead atoms. The summed E-state index contributed by atoms with van der Waals surface area (Å²) in [7, 11) is 1.61.